The Morgan fingerprint density at radius 2 is 2.05 bits per heavy atom. The lowest BCUT2D eigenvalue weighted by molar-refractivity contribution is -0.117. The first kappa shape index (κ1) is 16.6. The number of halogens is 1. The fourth-order valence-corrected chi connectivity index (χ4v) is 2.74. The van der Waals surface area contributed by atoms with E-state index in [0.29, 0.717) is 31.2 Å². The minimum Gasteiger partial charge on any atom is -0.351 e. The molecule has 0 atom stereocenters. The number of aryl methyl sites for hydroxylation is 1. The first-order chi connectivity index (χ1) is 10.5. The van der Waals surface area contributed by atoms with Crippen molar-refractivity contribution in [2.24, 2.45) is 5.73 Å². The van der Waals surface area contributed by atoms with Crippen LogP contribution in [-0.4, -0.2) is 54.5 Å². The zero-order valence-corrected chi connectivity index (χ0v) is 13.4. The number of urea groups is 1. The maximum absolute atomic E-state index is 12.2. The minimum atomic E-state index is -0.400. The molecule has 0 radical (unpaired) electrons. The van der Waals surface area contributed by atoms with Gasteiger partial charge in [-0.1, -0.05) is 11.6 Å². The molecular formula is C15H21ClN4O2. The molecular weight excluding hydrogens is 304 g/mol. The quantitative estimate of drug-likeness (QED) is 0.887. The van der Waals surface area contributed by atoms with Crippen LogP contribution in [0.25, 0.3) is 0 Å². The van der Waals surface area contributed by atoms with E-state index < -0.39 is 6.03 Å². The van der Waals surface area contributed by atoms with E-state index in [1.54, 1.807) is 17.0 Å². The van der Waals surface area contributed by atoms with Gasteiger partial charge in [-0.3, -0.25) is 9.69 Å². The van der Waals surface area contributed by atoms with Gasteiger partial charge in [-0.2, -0.15) is 0 Å². The molecule has 0 spiro atoms. The third-order valence-electron chi connectivity index (χ3n) is 3.73. The first-order valence-electron chi connectivity index (χ1n) is 7.28. The number of hydrogen-bond acceptors (Lipinski definition) is 3. The number of carbonyl (C=O) groups excluding carboxylic acids is 2. The summed E-state index contributed by atoms with van der Waals surface area (Å²) < 4.78 is 0. The first-order valence-corrected chi connectivity index (χ1v) is 7.66. The summed E-state index contributed by atoms with van der Waals surface area (Å²) in [5.74, 6) is -0.0713. The van der Waals surface area contributed by atoms with Crippen molar-refractivity contribution < 1.29 is 9.59 Å². The number of nitrogens with one attached hydrogen (secondary N) is 1. The molecule has 7 heteroatoms. The van der Waals surface area contributed by atoms with E-state index in [-0.39, 0.29) is 5.91 Å². The van der Waals surface area contributed by atoms with Crippen molar-refractivity contribution in [2.45, 2.75) is 13.3 Å². The monoisotopic (exact) mass is 324 g/mol. The van der Waals surface area contributed by atoms with Gasteiger partial charge in [0.15, 0.2) is 0 Å². The third kappa shape index (κ3) is 4.61. The van der Waals surface area contributed by atoms with E-state index in [1.807, 2.05) is 17.9 Å². The summed E-state index contributed by atoms with van der Waals surface area (Å²) in [6, 6.07) is 4.96. The summed E-state index contributed by atoms with van der Waals surface area (Å²) in [4.78, 5) is 27.0. The predicted octanol–water partition coefficient (Wildman–Crippen LogP) is 1.67. The molecule has 0 bridgehead atoms. The van der Waals surface area contributed by atoms with Crippen LogP contribution in [0.3, 0.4) is 0 Å². The number of anilines is 1. The molecule has 1 heterocycles. The molecule has 6 nitrogen and oxygen atoms in total. The van der Waals surface area contributed by atoms with Gasteiger partial charge in [-0.25, -0.2) is 4.79 Å². The largest absolute Gasteiger partial charge is 0.351 e. The van der Waals surface area contributed by atoms with Crippen molar-refractivity contribution in [3.05, 3.63) is 28.8 Å². The van der Waals surface area contributed by atoms with Crippen molar-refractivity contribution in [1.82, 2.24) is 9.80 Å². The van der Waals surface area contributed by atoms with E-state index in [0.717, 1.165) is 24.2 Å². The molecule has 0 aliphatic carbocycles. The second-order valence-electron chi connectivity index (χ2n) is 5.46. The van der Waals surface area contributed by atoms with E-state index in [4.69, 9.17) is 17.3 Å². The SMILES string of the molecule is Cc1cc(Cl)ccc1NC(=O)CN1CCCN(C(N)=O)CC1. The van der Waals surface area contributed by atoms with Crippen molar-refractivity contribution in [1.29, 1.82) is 0 Å². The smallest absolute Gasteiger partial charge is 0.314 e. The summed E-state index contributed by atoms with van der Waals surface area (Å²) in [5, 5.41) is 3.54. The summed E-state index contributed by atoms with van der Waals surface area (Å²) in [6.45, 7) is 4.83. The molecule has 2 rings (SSSR count). The number of amides is 3. The number of rotatable bonds is 3. The number of hydrogen-bond donors (Lipinski definition) is 2. The molecule has 0 saturated carbocycles. The Morgan fingerprint density at radius 3 is 2.73 bits per heavy atom. The highest BCUT2D eigenvalue weighted by molar-refractivity contribution is 6.30. The highest BCUT2D eigenvalue weighted by Gasteiger charge is 2.19. The van der Waals surface area contributed by atoms with Crippen LogP contribution in [-0.2, 0) is 4.79 Å². The van der Waals surface area contributed by atoms with Gasteiger partial charge in [-0.05, 0) is 37.1 Å². The van der Waals surface area contributed by atoms with Crippen molar-refractivity contribution >= 4 is 29.2 Å². The number of carbonyl (C=O) groups is 2. The van der Waals surface area contributed by atoms with Crippen LogP contribution < -0.4 is 11.1 Å². The predicted molar refractivity (Wildman–Crippen MR) is 87.0 cm³/mol. The highest BCUT2D eigenvalue weighted by atomic mass is 35.5. The average Bonchev–Trinajstić information content (AvgIpc) is 2.67. The van der Waals surface area contributed by atoms with Crippen LogP contribution in [0.4, 0.5) is 10.5 Å². The number of benzene rings is 1. The maximum atomic E-state index is 12.2. The molecule has 3 N–H and O–H groups in total. The topological polar surface area (TPSA) is 78.7 Å². The fraction of sp³-hybridized carbons (Fsp3) is 0.467. The molecule has 0 aromatic heterocycles. The molecule has 1 aromatic carbocycles. The summed E-state index contributed by atoms with van der Waals surface area (Å²) >= 11 is 5.90. The van der Waals surface area contributed by atoms with Crippen molar-refractivity contribution in [3.8, 4) is 0 Å². The third-order valence-corrected chi connectivity index (χ3v) is 3.97. The Kier molecular flexibility index (Phi) is 5.63. The molecule has 1 aliphatic heterocycles. The van der Waals surface area contributed by atoms with Crippen LogP contribution in [0.1, 0.15) is 12.0 Å². The van der Waals surface area contributed by atoms with Gasteiger partial charge in [0, 0.05) is 36.9 Å². The van der Waals surface area contributed by atoms with E-state index in [2.05, 4.69) is 5.32 Å². The second-order valence-corrected chi connectivity index (χ2v) is 5.90. The summed E-state index contributed by atoms with van der Waals surface area (Å²) in [7, 11) is 0. The molecule has 1 aliphatic rings. The minimum absolute atomic E-state index is 0.0713. The molecule has 0 unspecified atom stereocenters. The lowest BCUT2D eigenvalue weighted by Crippen LogP contribution is -2.40. The lowest BCUT2D eigenvalue weighted by atomic mass is 10.2. The Labute approximate surface area is 135 Å². The zero-order chi connectivity index (χ0) is 16.1. The Hall–Kier alpha value is -1.79. The van der Waals surface area contributed by atoms with Gasteiger partial charge in [0.05, 0.1) is 6.54 Å². The standard InChI is InChI=1S/C15H21ClN4O2/c1-11-9-12(16)3-4-13(11)18-14(21)10-19-5-2-6-20(8-7-19)15(17)22/h3-4,9H,2,5-8,10H2,1H3,(H2,17,22)(H,18,21). The number of primary amides is 1. The van der Waals surface area contributed by atoms with Crippen LogP contribution in [0, 0.1) is 6.92 Å². The van der Waals surface area contributed by atoms with Crippen LogP contribution in [0.15, 0.2) is 18.2 Å². The van der Waals surface area contributed by atoms with Gasteiger partial charge >= 0.3 is 6.03 Å². The fourth-order valence-electron chi connectivity index (χ4n) is 2.51. The van der Waals surface area contributed by atoms with Crippen LogP contribution in [0.5, 0.6) is 0 Å². The lowest BCUT2D eigenvalue weighted by Gasteiger charge is -2.20. The van der Waals surface area contributed by atoms with E-state index in [9.17, 15) is 9.59 Å². The highest BCUT2D eigenvalue weighted by Crippen LogP contribution is 2.19. The second kappa shape index (κ2) is 7.47. The van der Waals surface area contributed by atoms with E-state index >= 15 is 0 Å². The molecule has 3 amide bonds. The van der Waals surface area contributed by atoms with Gasteiger partial charge < -0.3 is 16.0 Å². The van der Waals surface area contributed by atoms with Crippen LogP contribution >= 0.6 is 11.6 Å². The Bertz CT molecular complexity index is 564. The van der Waals surface area contributed by atoms with Crippen molar-refractivity contribution in [2.75, 3.05) is 38.0 Å². The molecule has 1 fully saturated rings. The maximum Gasteiger partial charge on any atom is 0.314 e. The molecule has 1 aromatic rings. The van der Waals surface area contributed by atoms with Crippen LogP contribution in [0.2, 0.25) is 5.02 Å². The average molecular weight is 325 g/mol. The Balaban J connectivity index is 1.88. The van der Waals surface area contributed by atoms with Crippen molar-refractivity contribution in [3.63, 3.8) is 0 Å². The van der Waals surface area contributed by atoms with Gasteiger partial charge in [0.1, 0.15) is 0 Å². The van der Waals surface area contributed by atoms with Gasteiger partial charge in [0.2, 0.25) is 5.91 Å². The van der Waals surface area contributed by atoms with Gasteiger partial charge in [0.25, 0.3) is 0 Å². The van der Waals surface area contributed by atoms with E-state index in [1.165, 1.54) is 0 Å². The molecule has 120 valence electrons. The summed E-state index contributed by atoms with van der Waals surface area (Å²) in [5.41, 5.74) is 6.99. The summed E-state index contributed by atoms with van der Waals surface area (Å²) in [6.07, 6.45) is 0.816. The molecule has 1 saturated heterocycles. The van der Waals surface area contributed by atoms with Gasteiger partial charge in [-0.15, -0.1) is 0 Å². The zero-order valence-electron chi connectivity index (χ0n) is 12.6. The Morgan fingerprint density at radius 1 is 1.27 bits per heavy atom. The normalized spacial score (nSPS) is 16.2. The number of nitrogens with zero attached hydrogens (tertiary/aromatic N) is 2. The number of nitrogens with two attached hydrogens (primary N) is 1. The molecule has 22 heavy (non-hydrogen) atoms.